The number of benzene rings is 1. The molecular formula is C27H39Cl2N3O. The topological polar surface area (TPSA) is 36.9 Å². The monoisotopic (exact) mass is 491 g/mol. The lowest BCUT2D eigenvalue weighted by Gasteiger charge is -2.21. The fourth-order valence-corrected chi connectivity index (χ4v) is 3.59. The van der Waals surface area contributed by atoms with Crippen LogP contribution < -0.4 is 5.32 Å². The van der Waals surface area contributed by atoms with Crippen LogP contribution in [0.4, 0.5) is 0 Å². The van der Waals surface area contributed by atoms with Crippen molar-refractivity contribution in [2.24, 2.45) is 4.99 Å². The first-order valence-corrected chi connectivity index (χ1v) is 12.5. The Hall–Kier alpha value is -2.01. The third-order valence-electron chi connectivity index (χ3n) is 5.10. The largest absolute Gasteiger partial charge is 0.473 e. The molecule has 6 heteroatoms. The van der Waals surface area contributed by atoms with Gasteiger partial charge in [0, 0.05) is 43.2 Å². The molecule has 33 heavy (non-hydrogen) atoms. The van der Waals surface area contributed by atoms with Crippen LogP contribution in [0.3, 0.4) is 0 Å². The molecule has 0 aromatic heterocycles. The summed E-state index contributed by atoms with van der Waals surface area (Å²) in [6.07, 6.45) is 11.5. The van der Waals surface area contributed by atoms with Crippen molar-refractivity contribution in [2.45, 2.75) is 59.6 Å². The van der Waals surface area contributed by atoms with Crippen LogP contribution in [0.5, 0.6) is 0 Å². The molecule has 4 nitrogen and oxygen atoms in total. The zero-order chi connectivity index (χ0) is 24.6. The Morgan fingerprint density at radius 2 is 1.97 bits per heavy atom. The van der Waals surface area contributed by atoms with Crippen molar-refractivity contribution in [1.82, 2.24) is 10.2 Å². The van der Waals surface area contributed by atoms with Gasteiger partial charge in [0.25, 0.3) is 0 Å². The summed E-state index contributed by atoms with van der Waals surface area (Å²) in [5.41, 5.74) is 4.51. The van der Waals surface area contributed by atoms with E-state index < -0.39 is 0 Å². The minimum Gasteiger partial charge on any atom is -0.473 e. The molecule has 1 aromatic carbocycles. The molecule has 0 saturated carbocycles. The Morgan fingerprint density at radius 3 is 2.52 bits per heavy atom. The number of hydrogen-bond acceptors (Lipinski definition) is 4. The third kappa shape index (κ3) is 10.6. The number of nitrogens with zero attached hydrogens (tertiary/aromatic N) is 2. The molecular weight excluding hydrogens is 453 g/mol. The van der Waals surface area contributed by atoms with Gasteiger partial charge in [-0.1, -0.05) is 73.5 Å². The zero-order valence-corrected chi connectivity index (χ0v) is 22.3. The maximum absolute atomic E-state index is 6.19. The van der Waals surface area contributed by atoms with Crippen molar-refractivity contribution in [2.75, 3.05) is 20.1 Å². The molecule has 1 unspecified atom stereocenters. The molecule has 1 aliphatic rings. The quantitative estimate of drug-likeness (QED) is 0.211. The number of aliphatic imine (C=N–C) groups is 1. The number of nitrogens with one attached hydrogen (secondary N) is 1. The van der Waals surface area contributed by atoms with Crippen LogP contribution in [0.15, 0.2) is 76.8 Å². The molecule has 0 radical (unpaired) electrons. The first-order valence-electron chi connectivity index (χ1n) is 11.7. The molecule has 1 atom stereocenters. The van der Waals surface area contributed by atoms with Gasteiger partial charge in [-0.05, 0) is 50.5 Å². The van der Waals surface area contributed by atoms with Crippen LogP contribution >= 0.6 is 23.2 Å². The van der Waals surface area contributed by atoms with Crippen LogP contribution in [0.25, 0.3) is 0 Å². The summed E-state index contributed by atoms with van der Waals surface area (Å²) in [6.45, 7) is 12.4. The maximum Gasteiger partial charge on any atom is 0.205 e. The van der Waals surface area contributed by atoms with E-state index in [1.807, 2.05) is 70.3 Å². The molecule has 182 valence electrons. The van der Waals surface area contributed by atoms with Crippen molar-refractivity contribution in [1.29, 1.82) is 0 Å². The Balaban J connectivity index is 0.00000265. The number of rotatable bonds is 10. The summed E-state index contributed by atoms with van der Waals surface area (Å²) >= 11 is 11.8. The second kappa shape index (κ2) is 16.6. The molecule has 1 saturated heterocycles. The summed E-state index contributed by atoms with van der Waals surface area (Å²) in [5.74, 6) is 0.666. The minimum absolute atomic E-state index is 0.169. The predicted octanol–water partition coefficient (Wildman–Crippen LogP) is 7.32. The smallest absolute Gasteiger partial charge is 0.205 e. The van der Waals surface area contributed by atoms with E-state index in [1.54, 1.807) is 6.20 Å². The van der Waals surface area contributed by atoms with E-state index >= 15 is 0 Å². The van der Waals surface area contributed by atoms with Gasteiger partial charge < -0.3 is 10.1 Å². The van der Waals surface area contributed by atoms with Crippen LogP contribution in [0, 0.1) is 0 Å². The maximum atomic E-state index is 6.19. The fraction of sp³-hybridized carbons (Fsp3) is 0.444. The molecule has 1 fully saturated rings. The molecule has 1 N–H and O–H groups in total. The summed E-state index contributed by atoms with van der Waals surface area (Å²) < 4.78 is 6.19. The summed E-state index contributed by atoms with van der Waals surface area (Å²) in [4.78, 5) is 7.23. The normalized spacial score (nSPS) is 18.2. The molecule has 1 aliphatic heterocycles. The average Bonchev–Trinajstić information content (AvgIpc) is 3.30. The van der Waals surface area contributed by atoms with E-state index in [1.165, 1.54) is 5.54 Å². The Bertz CT molecular complexity index is 839. The Morgan fingerprint density at radius 1 is 1.27 bits per heavy atom. The van der Waals surface area contributed by atoms with E-state index in [0.717, 1.165) is 36.4 Å². The zero-order valence-electron chi connectivity index (χ0n) is 20.8. The third-order valence-corrected chi connectivity index (χ3v) is 5.49. The van der Waals surface area contributed by atoms with E-state index in [9.17, 15) is 0 Å². The van der Waals surface area contributed by atoms with E-state index in [4.69, 9.17) is 32.9 Å². The standard InChI is InChI=1S/C25H33Cl2N3O.C2H6/c1-5-7-20(8-6-14-26)16-24(21-9-11-22(27)12-10-21)29-17-25(28-4)31-23-13-15-30(18-23)19(2)3;1-2/h5-12,14,17,19,23,28H,13,15-16,18H2,1-4H3;1-2H3/b7-5-,14-6+,20-8+,25-17+,29-24?;. The van der Waals surface area contributed by atoms with Crippen molar-refractivity contribution in [3.8, 4) is 0 Å². The minimum atomic E-state index is 0.169. The number of ether oxygens (including phenoxy) is 1. The summed E-state index contributed by atoms with van der Waals surface area (Å²) in [6, 6.07) is 8.25. The SMILES string of the molecule is CC.C\C=C/C(=C\C=C\Cl)CC(=N/C=C(\NC)OC1CCN(C(C)C)C1)c1ccc(Cl)cc1. The summed E-state index contributed by atoms with van der Waals surface area (Å²) in [7, 11) is 1.86. The lowest BCUT2D eigenvalue weighted by atomic mass is 10.0. The van der Waals surface area contributed by atoms with Gasteiger partial charge in [0.15, 0.2) is 0 Å². The number of hydrogen-bond donors (Lipinski definition) is 1. The van der Waals surface area contributed by atoms with Gasteiger partial charge in [-0.2, -0.15) is 0 Å². The van der Waals surface area contributed by atoms with Gasteiger partial charge >= 0.3 is 0 Å². The highest BCUT2D eigenvalue weighted by atomic mass is 35.5. The average molecular weight is 493 g/mol. The van der Waals surface area contributed by atoms with Crippen LogP contribution in [0.2, 0.25) is 5.02 Å². The summed E-state index contributed by atoms with van der Waals surface area (Å²) in [5, 5.41) is 3.83. The second-order valence-electron chi connectivity index (χ2n) is 7.68. The van der Waals surface area contributed by atoms with Gasteiger partial charge in [0.1, 0.15) is 6.10 Å². The first-order chi connectivity index (χ1) is 16.0. The molecule has 1 aromatic rings. The lowest BCUT2D eigenvalue weighted by Crippen LogP contribution is -2.30. The Kier molecular flexibility index (Phi) is 14.6. The van der Waals surface area contributed by atoms with Gasteiger partial charge in [-0.15, -0.1) is 0 Å². The molecule has 2 rings (SSSR count). The van der Waals surface area contributed by atoms with Crippen molar-refractivity contribution >= 4 is 28.9 Å². The lowest BCUT2D eigenvalue weighted by molar-refractivity contribution is 0.104. The fourth-order valence-electron chi connectivity index (χ4n) is 3.39. The highest BCUT2D eigenvalue weighted by Crippen LogP contribution is 2.19. The predicted molar refractivity (Wildman–Crippen MR) is 145 cm³/mol. The van der Waals surface area contributed by atoms with Crippen LogP contribution in [-0.4, -0.2) is 42.9 Å². The molecule has 0 spiro atoms. The van der Waals surface area contributed by atoms with Crippen molar-refractivity contribution in [3.63, 3.8) is 0 Å². The highest BCUT2D eigenvalue weighted by Gasteiger charge is 2.25. The Labute approximate surface area is 210 Å². The van der Waals surface area contributed by atoms with Gasteiger partial charge in [0.2, 0.25) is 5.88 Å². The van der Waals surface area contributed by atoms with Crippen molar-refractivity contribution < 1.29 is 4.74 Å². The molecule has 0 aliphatic carbocycles. The van der Waals surface area contributed by atoms with E-state index in [0.29, 0.717) is 23.4 Å². The van der Waals surface area contributed by atoms with E-state index in [-0.39, 0.29) is 6.10 Å². The first kappa shape index (κ1) is 29.0. The number of likely N-dealkylation sites (tertiary alicyclic amines) is 1. The van der Waals surface area contributed by atoms with Crippen molar-refractivity contribution in [3.05, 3.63) is 82.3 Å². The highest BCUT2D eigenvalue weighted by molar-refractivity contribution is 6.30. The number of halogens is 2. The van der Waals surface area contributed by atoms with Gasteiger partial charge in [-0.3, -0.25) is 9.89 Å². The van der Waals surface area contributed by atoms with Crippen LogP contribution in [0.1, 0.15) is 53.0 Å². The van der Waals surface area contributed by atoms with Gasteiger partial charge in [0.05, 0.1) is 11.9 Å². The van der Waals surface area contributed by atoms with E-state index in [2.05, 4.69) is 30.1 Å². The second-order valence-corrected chi connectivity index (χ2v) is 8.37. The molecule has 0 amide bonds. The van der Waals surface area contributed by atoms with Gasteiger partial charge in [-0.25, -0.2) is 0 Å². The molecule has 0 bridgehead atoms. The molecule has 1 heterocycles. The number of allylic oxidation sites excluding steroid dienone is 5. The van der Waals surface area contributed by atoms with Crippen LogP contribution in [-0.2, 0) is 4.74 Å².